The number of amides is 1. The van der Waals surface area contributed by atoms with Gasteiger partial charge in [0.25, 0.3) is 5.91 Å². The highest BCUT2D eigenvalue weighted by atomic mass is 19.1. The molecule has 114 valence electrons. The van der Waals surface area contributed by atoms with Crippen molar-refractivity contribution in [2.75, 3.05) is 10.4 Å². The third-order valence-corrected chi connectivity index (χ3v) is 3.32. The Bertz CT molecular complexity index is 773. The molecular formula is C19H15FN2O. The third kappa shape index (κ3) is 3.55. The molecule has 0 aromatic heterocycles. The van der Waals surface area contributed by atoms with Gasteiger partial charge in [0.15, 0.2) is 0 Å². The van der Waals surface area contributed by atoms with Gasteiger partial charge in [0.2, 0.25) is 0 Å². The summed E-state index contributed by atoms with van der Waals surface area (Å²) >= 11 is 0. The summed E-state index contributed by atoms with van der Waals surface area (Å²) in [5.74, 6) is -0.635. The first-order chi connectivity index (χ1) is 11.2. The van der Waals surface area contributed by atoms with Crippen LogP contribution in [0.5, 0.6) is 0 Å². The molecule has 0 bridgehead atoms. The van der Waals surface area contributed by atoms with Gasteiger partial charge in [0.1, 0.15) is 5.82 Å². The van der Waals surface area contributed by atoms with Gasteiger partial charge in [-0.2, -0.15) is 0 Å². The summed E-state index contributed by atoms with van der Waals surface area (Å²) < 4.78 is 13.1. The largest absolute Gasteiger partial charge is 0.291 e. The Labute approximate surface area is 134 Å². The van der Waals surface area contributed by atoms with Crippen LogP contribution < -0.4 is 10.4 Å². The van der Waals surface area contributed by atoms with Gasteiger partial charge >= 0.3 is 0 Å². The number of anilines is 2. The average Bonchev–Trinajstić information content (AvgIpc) is 2.61. The molecule has 0 unspecified atom stereocenters. The zero-order chi connectivity index (χ0) is 16.1. The van der Waals surface area contributed by atoms with Gasteiger partial charge in [-0.25, -0.2) is 9.40 Å². The van der Waals surface area contributed by atoms with Gasteiger partial charge in [-0.05, 0) is 48.5 Å². The number of carbonyl (C=O) groups excluding carboxylic acids is 1. The van der Waals surface area contributed by atoms with Crippen molar-refractivity contribution in [3.63, 3.8) is 0 Å². The monoisotopic (exact) mass is 306 g/mol. The second-order valence-corrected chi connectivity index (χ2v) is 4.96. The standard InChI is InChI=1S/C19H15FN2O/c20-16-13-11-15(12-14-16)19(23)22(18-9-5-2-6-10-18)21-17-7-3-1-4-8-17/h1-14,21H. The summed E-state index contributed by atoms with van der Waals surface area (Å²) in [5, 5.41) is 1.45. The molecule has 1 N–H and O–H groups in total. The molecule has 4 heteroatoms. The van der Waals surface area contributed by atoms with E-state index in [1.54, 1.807) is 0 Å². The molecule has 3 aromatic carbocycles. The van der Waals surface area contributed by atoms with Crippen LogP contribution in [0.4, 0.5) is 15.8 Å². The van der Waals surface area contributed by atoms with Crippen LogP contribution in [-0.4, -0.2) is 5.91 Å². The van der Waals surface area contributed by atoms with Crippen molar-refractivity contribution in [2.45, 2.75) is 0 Å². The van der Waals surface area contributed by atoms with E-state index in [0.29, 0.717) is 11.3 Å². The van der Waals surface area contributed by atoms with Gasteiger partial charge in [0.05, 0.1) is 11.4 Å². The zero-order valence-electron chi connectivity index (χ0n) is 12.3. The second kappa shape index (κ2) is 6.75. The SMILES string of the molecule is O=C(c1ccc(F)cc1)N(Nc1ccccc1)c1ccccc1. The molecule has 0 heterocycles. The first-order valence-electron chi connectivity index (χ1n) is 7.21. The van der Waals surface area contributed by atoms with E-state index < -0.39 is 0 Å². The Morgan fingerprint density at radius 3 is 1.96 bits per heavy atom. The molecule has 0 radical (unpaired) electrons. The number of hydrazine groups is 1. The molecule has 0 fully saturated rings. The number of nitrogens with zero attached hydrogens (tertiary/aromatic N) is 1. The van der Waals surface area contributed by atoms with Crippen LogP contribution in [-0.2, 0) is 0 Å². The van der Waals surface area contributed by atoms with E-state index in [9.17, 15) is 9.18 Å². The maximum Gasteiger partial charge on any atom is 0.276 e. The first kappa shape index (κ1) is 14.8. The van der Waals surface area contributed by atoms with Crippen molar-refractivity contribution < 1.29 is 9.18 Å². The number of halogens is 1. The zero-order valence-corrected chi connectivity index (χ0v) is 12.3. The van der Waals surface area contributed by atoms with Crippen molar-refractivity contribution in [3.05, 3.63) is 96.3 Å². The molecule has 1 amide bonds. The number of hydrogen-bond donors (Lipinski definition) is 1. The molecule has 0 aliphatic heterocycles. The van der Waals surface area contributed by atoms with Crippen LogP contribution in [0.15, 0.2) is 84.9 Å². The third-order valence-electron chi connectivity index (χ3n) is 3.32. The van der Waals surface area contributed by atoms with Gasteiger partial charge in [0, 0.05) is 5.56 Å². The number of rotatable bonds is 4. The highest BCUT2D eigenvalue weighted by Crippen LogP contribution is 2.19. The number of carbonyl (C=O) groups is 1. The molecule has 3 aromatic rings. The van der Waals surface area contributed by atoms with Crippen LogP contribution >= 0.6 is 0 Å². The van der Waals surface area contributed by atoms with Crippen LogP contribution in [0.2, 0.25) is 0 Å². The summed E-state index contributed by atoms with van der Waals surface area (Å²) in [6.45, 7) is 0. The van der Waals surface area contributed by atoms with Gasteiger partial charge in [-0.3, -0.25) is 10.2 Å². The molecule has 0 aliphatic carbocycles. The summed E-state index contributed by atoms with van der Waals surface area (Å²) in [7, 11) is 0. The highest BCUT2D eigenvalue weighted by Gasteiger charge is 2.18. The van der Waals surface area contributed by atoms with Gasteiger partial charge in [-0.1, -0.05) is 36.4 Å². The van der Waals surface area contributed by atoms with E-state index >= 15 is 0 Å². The van der Waals surface area contributed by atoms with Crippen molar-refractivity contribution in [1.82, 2.24) is 0 Å². The predicted molar refractivity (Wildman–Crippen MR) is 89.7 cm³/mol. The van der Waals surface area contributed by atoms with Gasteiger partial charge < -0.3 is 0 Å². The van der Waals surface area contributed by atoms with Crippen LogP contribution in [0.25, 0.3) is 0 Å². The molecule has 0 spiro atoms. The number of nitrogens with one attached hydrogen (secondary N) is 1. The van der Waals surface area contributed by atoms with E-state index in [0.717, 1.165) is 5.69 Å². The minimum absolute atomic E-state index is 0.264. The number of benzene rings is 3. The Kier molecular flexibility index (Phi) is 4.34. The lowest BCUT2D eigenvalue weighted by Crippen LogP contribution is -2.36. The minimum atomic E-state index is -0.371. The minimum Gasteiger partial charge on any atom is -0.291 e. The van der Waals surface area contributed by atoms with Crippen LogP contribution in [0, 0.1) is 5.82 Å². The maximum absolute atomic E-state index is 13.1. The number of hydrogen-bond acceptors (Lipinski definition) is 2. The molecule has 23 heavy (non-hydrogen) atoms. The fourth-order valence-corrected chi connectivity index (χ4v) is 2.17. The fourth-order valence-electron chi connectivity index (χ4n) is 2.17. The van der Waals surface area contributed by atoms with E-state index in [1.807, 2.05) is 60.7 Å². The highest BCUT2D eigenvalue weighted by molar-refractivity contribution is 6.07. The van der Waals surface area contributed by atoms with Crippen LogP contribution in [0.3, 0.4) is 0 Å². The van der Waals surface area contributed by atoms with E-state index in [2.05, 4.69) is 5.43 Å². The second-order valence-electron chi connectivity index (χ2n) is 4.96. The quantitative estimate of drug-likeness (QED) is 0.720. The first-order valence-corrected chi connectivity index (χ1v) is 7.21. The Morgan fingerprint density at radius 1 is 0.783 bits per heavy atom. The smallest absolute Gasteiger partial charge is 0.276 e. The summed E-state index contributed by atoms with van der Waals surface area (Å²) in [5.41, 5.74) is 4.98. The molecule has 3 nitrogen and oxygen atoms in total. The van der Waals surface area contributed by atoms with Gasteiger partial charge in [-0.15, -0.1) is 0 Å². The lowest BCUT2D eigenvalue weighted by atomic mass is 10.2. The fraction of sp³-hybridized carbons (Fsp3) is 0. The molecular weight excluding hydrogens is 291 g/mol. The van der Waals surface area contributed by atoms with Crippen molar-refractivity contribution in [1.29, 1.82) is 0 Å². The lowest BCUT2D eigenvalue weighted by Gasteiger charge is -2.24. The summed E-state index contributed by atoms with van der Waals surface area (Å²) in [6.07, 6.45) is 0. The van der Waals surface area contributed by atoms with Crippen molar-refractivity contribution in [2.24, 2.45) is 0 Å². The van der Waals surface area contributed by atoms with E-state index in [1.165, 1.54) is 29.3 Å². The van der Waals surface area contributed by atoms with E-state index in [-0.39, 0.29) is 11.7 Å². The van der Waals surface area contributed by atoms with Crippen molar-refractivity contribution >= 4 is 17.3 Å². The Hall–Kier alpha value is -3.14. The van der Waals surface area contributed by atoms with E-state index in [4.69, 9.17) is 0 Å². The molecule has 3 rings (SSSR count). The molecule has 0 atom stereocenters. The topological polar surface area (TPSA) is 32.3 Å². The lowest BCUT2D eigenvalue weighted by molar-refractivity contribution is 0.0992. The number of para-hydroxylation sites is 2. The normalized spacial score (nSPS) is 10.1. The molecule has 0 aliphatic rings. The average molecular weight is 306 g/mol. The van der Waals surface area contributed by atoms with Crippen LogP contribution in [0.1, 0.15) is 10.4 Å². The molecule has 0 saturated carbocycles. The predicted octanol–water partition coefficient (Wildman–Crippen LogP) is 4.50. The Morgan fingerprint density at radius 2 is 1.35 bits per heavy atom. The summed E-state index contributed by atoms with van der Waals surface area (Å²) in [4.78, 5) is 12.8. The summed E-state index contributed by atoms with van der Waals surface area (Å²) in [6, 6.07) is 24.2. The van der Waals surface area contributed by atoms with Crippen molar-refractivity contribution in [3.8, 4) is 0 Å². The Balaban J connectivity index is 1.94. The maximum atomic E-state index is 13.1. The molecule has 0 saturated heterocycles.